The van der Waals surface area contributed by atoms with Crippen LogP contribution >= 0.6 is 12.2 Å². The van der Waals surface area contributed by atoms with Crippen LogP contribution in [-0.2, 0) is 0 Å². The van der Waals surface area contributed by atoms with E-state index in [2.05, 4.69) is 4.98 Å². The van der Waals surface area contributed by atoms with Crippen molar-refractivity contribution in [3.8, 4) is 11.8 Å². The molecule has 1 heterocycles. The highest BCUT2D eigenvalue weighted by molar-refractivity contribution is 7.71. The molecule has 6 nitrogen and oxygen atoms in total. The molecule has 0 aliphatic heterocycles. The molecule has 2 aromatic carbocycles. The summed E-state index contributed by atoms with van der Waals surface area (Å²) < 4.78 is 1.76. The Hall–Kier alpha value is -3.24. The van der Waals surface area contributed by atoms with Gasteiger partial charge in [0.1, 0.15) is 0 Å². The minimum Gasteiger partial charge on any atom is -0.341 e. The Morgan fingerprint density at radius 1 is 1.29 bits per heavy atom. The van der Waals surface area contributed by atoms with Gasteiger partial charge in [-0.1, -0.05) is 12.1 Å². The quantitative estimate of drug-likeness (QED) is 0.687. The largest absolute Gasteiger partial charge is 0.341 e. The Balaban J connectivity index is 2.13. The second-order valence-corrected chi connectivity index (χ2v) is 7.07. The van der Waals surface area contributed by atoms with Gasteiger partial charge >= 0.3 is 0 Å². The van der Waals surface area contributed by atoms with E-state index in [1.807, 2.05) is 38.1 Å². The first-order chi connectivity index (χ1) is 13.3. The molecule has 0 saturated heterocycles. The Morgan fingerprint density at radius 3 is 2.75 bits per heavy atom. The zero-order chi connectivity index (χ0) is 20.4. The van der Waals surface area contributed by atoms with Crippen LogP contribution in [0.4, 0.5) is 0 Å². The fourth-order valence-corrected chi connectivity index (χ4v) is 3.38. The molecule has 0 saturated carbocycles. The van der Waals surface area contributed by atoms with Crippen molar-refractivity contribution >= 4 is 29.0 Å². The van der Waals surface area contributed by atoms with E-state index in [0.717, 1.165) is 16.8 Å². The number of H-pyrrole nitrogens is 1. The van der Waals surface area contributed by atoms with E-state index in [4.69, 9.17) is 17.5 Å². The van der Waals surface area contributed by atoms with E-state index in [-0.39, 0.29) is 22.7 Å². The van der Waals surface area contributed by atoms with Crippen LogP contribution in [0.25, 0.3) is 16.6 Å². The summed E-state index contributed by atoms with van der Waals surface area (Å²) in [6.45, 7) is 4.28. The Kier molecular flexibility index (Phi) is 5.43. The van der Waals surface area contributed by atoms with Gasteiger partial charge in [-0.25, -0.2) is 0 Å². The van der Waals surface area contributed by atoms with Crippen LogP contribution in [0.15, 0.2) is 41.2 Å². The summed E-state index contributed by atoms with van der Waals surface area (Å²) in [4.78, 5) is 30.2. The van der Waals surface area contributed by atoms with E-state index in [1.54, 1.807) is 25.2 Å². The summed E-state index contributed by atoms with van der Waals surface area (Å²) in [6, 6.07) is 12.6. The van der Waals surface area contributed by atoms with Crippen molar-refractivity contribution in [1.82, 2.24) is 14.5 Å². The predicted octanol–water partition coefficient (Wildman–Crippen LogP) is 3.65. The number of nitrogens with zero attached hydrogens (tertiary/aromatic N) is 3. The molecule has 1 N–H and O–H groups in total. The number of fused-ring (bicyclic) bond motifs is 1. The molecule has 0 radical (unpaired) electrons. The van der Waals surface area contributed by atoms with Gasteiger partial charge in [0.25, 0.3) is 11.5 Å². The third kappa shape index (κ3) is 3.47. The minimum absolute atomic E-state index is 0.213. The lowest BCUT2D eigenvalue weighted by Gasteiger charge is -2.16. The van der Waals surface area contributed by atoms with Gasteiger partial charge in [0, 0.05) is 19.2 Å². The lowest BCUT2D eigenvalue weighted by Crippen LogP contribution is -2.28. The maximum Gasteiger partial charge on any atom is 0.266 e. The smallest absolute Gasteiger partial charge is 0.266 e. The highest BCUT2D eigenvalue weighted by Crippen LogP contribution is 2.18. The number of aryl methyl sites for hydroxylation is 1. The molecule has 7 heteroatoms. The molecule has 0 fully saturated rings. The SMILES string of the molecule is Cc1cccc(-n2c(=S)[nH]c3cc(C(=O)N(C)CCC#N)ccc3c2=O)c1C. The van der Waals surface area contributed by atoms with Crippen LogP contribution in [-0.4, -0.2) is 34.0 Å². The number of hydrogen-bond donors (Lipinski definition) is 1. The Bertz CT molecular complexity index is 1230. The lowest BCUT2D eigenvalue weighted by atomic mass is 10.1. The van der Waals surface area contributed by atoms with Gasteiger partial charge in [-0.2, -0.15) is 5.26 Å². The van der Waals surface area contributed by atoms with E-state index < -0.39 is 0 Å². The second-order valence-electron chi connectivity index (χ2n) is 6.68. The van der Waals surface area contributed by atoms with Gasteiger partial charge in [0.2, 0.25) is 0 Å². The van der Waals surface area contributed by atoms with Crippen LogP contribution in [0.1, 0.15) is 27.9 Å². The third-order valence-corrected chi connectivity index (χ3v) is 5.15. The number of aromatic nitrogens is 2. The lowest BCUT2D eigenvalue weighted by molar-refractivity contribution is 0.0798. The van der Waals surface area contributed by atoms with Gasteiger partial charge in [-0.15, -0.1) is 0 Å². The monoisotopic (exact) mass is 392 g/mol. The maximum absolute atomic E-state index is 13.1. The van der Waals surface area contributed by atoms with Crippen molar-refractivity contribution in [1.29, 1.82) is 5.26 Å². The zero-order valence-corrected chi connectivity index (χ0v) is 16.8. The molecule has 3 aromatic rings. The Labute approximate surface area is 167 Å². The van der Waals surface area contributed by atoms with Crippen molar-refractivity contribution in [3.05, 3.63) is 68.2 Å². The van der Waals surface area contributed by atoms with Crippen molar-refractivity contribution < 1.29 is 4.79 Å². The van der Waals surface area contributed by atoms with Crippen molar-refractivity contribution in [2.45, 2.75) is 20.3 Å². The molecule has 0 aliphatic carbocycles. The van der Waals surface area contributed by atoms with Gasteiger partial charge in [0.05, 0.1) is 29.1 Å². The number of nitriles is 1. The molecule has 0 spiro atoms. The summed E-state index contributed by atoms with van der Waals surface area (Å²) in [5.74, 6) is -0.213. The highest BCUT2D eigenvalue weighted by atomic mass is 32.1. The first kappa shape index (κ1) is 19.5. The van der Waals surface area contributed by atoms with Crippen LogP contribution in [0.5, 0.6) is 0 Å². The number of hydrogen-bond acceptors (Lipinski definition) is 4. The third-order valence-electron chi connectivity index (χ3n) is 4.87. The summed E-state index contributed by atoms with van der Waals surface area (Å²) >= 11 is 5.45. The molecule has 3 rings (SSSR count). The highest BCUT2D eigenvalue weighted by Gasteiger charge is 2.15. The number of aromatic amines is 1. The molecule has 0 unspecified atom stereocenters. The topological polar surface area (TPSA) is 81.9 Å². The van der Waals surface area contributed by atoms with Gasteiger partial charge < -0.3 is 9.88 Å². The van der Waals surface area contributed by atoms with E-state index >= 15 is 0 Å². The normalized spacial score (nSPS) is 10.6. The van der Waals surface area contributed by atoms with Crippen LogP contribution in [0.2, 0.25) is 0 Å². The van der Waals surface area contributed by atoms with Crippen LogP contribution < -0.4 is 5.56 Å². The summed E-state index contributed by atoms with van der Waals surface area (Å²) in [5.41, 5.74) is 3.50. The summed E-state index contributed by atoms with van der Waals surface area (Å²) in [5, 5.41) is 9.13. The summed E-state index contributed by atoms with van der Waals surface area (Å²) in [6.07, 6.45) is 0.263. The molecule has 142 valence electrons. The molecule has 0 atom stereocenters. The number of carbonyl (C=O) groups is 1. The fraction of sp³-hybridized carbons (Fsp3) is 0.238. The van der Waals surface area contributed by atoms with Gasteiger partial charge in [-0.3, -0.25) is 14.2 Å². The van der Waals surface area contributed by atoms with Crippen molar-refractivity contribution in [2.24, 2.45) is 0 Å². The molecule has 1 amide bonds. The van der Waals surface area contributed by atoms with E-state index in [0.29, 0.717) is 23.0 Å². The van der Waals surface area contributed by atoms with E-state index in [1.165, 1.54) is 9.47 Å². The maximum atomic E-state index is 13.1. The standard InChI is InChI=1S/C21H20N4O2S/c1-13-6-4-7-18(14(13)2)25-20(27)16-9-8-15(12-17(16)23-21(25)28)19(26)24(3)11-5-10-22/h4,6-9,12H,5,11H2,1-3H3,(H,23,28). The van der Waals surface area contributed by atoms with Gasteiger partial charge in [0.15, 0.2) is 4.77 Å². The predicted molar refractivity (Wildman–Crippen MR) is 111 cm³/mol. The number of benzene rings is 2. The number of amides is 1. The number of carbonyl (C=O) groups excluding carboxylic acids is 1. The average molecular weight is 392 g/mol. The molecule has 28 heavy (non-hydrogen) atoms. The average Bonchev–Trinajstić information content (AvgIpc) is 2.68. The van der Waals surface area contributed by atoms with Crippen LogP contribution in [0, 0.1) is 29.9 Å². The van der Waals surface area contributed by atoms with Gasteiger partial charge in [-0.05, 0) is 61.5 Å². The molecular weight excluding hydrogens is 372 g/mol. The van der Waals surface area contributed by atoms with Crippen molar-refractivity contribution in [3.63, 3.8) is 0 Å². The molecule has 1 aromatic heterocycles. The van der Waals surface area contributed by atoms with Crippen molar-refractivity contribution in [2.75, 3.05) is 13.6 Å². The second kappa shape index (κ2) is 7.79. The molecule has 0 aliphatic rings. The number of nitrogens with one attached hydrogen (secondary N) is 1. The number of rotatable bonds is 4. The zero-order valence-electron chi connectivity index (χ0n) is 15.9. The molecule has 0 bridgehead atoms. The van der Waals surface area contributed by atoms with Crippen LogP contribution in [0.3, 0.4) is 0 Å². The van der Waals surface area contributed by atoms with E-state index in [9.17, 15) is 9.59 Å². The minimum atomic E-state index is -0.232. The first-order valence-corrected chi connectivity index (χ1v) is 9.24. The Morgan fingerprint density at radius 2 is 2.04 bits per heavy atom. The fourth-order valence-electron chi connectivity index (χ4n) is 3.09. The molecular formula is C21H20N4O2S. The first-order valence-electron chi connectivity index (χ1n) is 8.83. The summed E-state index contributed by atoms with van der Waals surface area (Å²) in [7, 11) is 1.64.